The van der Waals surface area contributed by atoms with Crippen molar-refractivity contribution in [2.45, 2.75) is 57.8 Å². The van der Waals surface area contributed by atoms with Crippen LogP contribution < -0.4 is 4.74 Å². The largest absolute Gasteiger partial charge is 0.477 e. The topological polar surface area (TPSA) is 105 Å². The van der Waals surface area contributed by atoms with Crippen LogP contribution >= 0.6 is 0 Å². The van der Waals surface area contributed by atoms with E-state index in [0.717, 1.165) is 60.3 Å². The van der Waals surface area contributed by atoms with Crippen molar-refractivity contribution in [3.8, 4) is 5.75 Å². The standard InChI is InChI=1S/C27H29N3O5/c1-16-23(26(33)34-15-18-7-4-8-21(29-18)25(31)32)24-19-14-17-6-5-13-30-12-3-2-11-27(17,30)35-22(19)10-9-20(24)28-16/h4,7-10,17,28H,2-3,5-6,11-15H2,1H3,(H,31,32). The molecule has 8 nitrogen and oxygen atoms in total. The molecular weight excluding hydrogens is 446 g/mol. The molecule has 6 rings (SSSR count). The van der Waals surface area contributed by atoms with Crippen molar-refractivity contribution >= 4 is 22.8 Å². The van der Waals surface area contributed by atoms with Crippen LogP contribution in [-0.2, 0) is 17.8 Å². The molecule has 0 radical (unpaired) electrons. The summed E-state index contributed by atoms with van der Waals surface area (Å²) in [7, 11) is 0. The highest BCUT2D eigenvalue weighted by molar-refractivity contribution is 6.07. The van der Waals surface area contributed by atoms with Crippen LogP contribution in [0.3, 0.4) is 0 Å². The molecule has 3 aliphatic heterocycles. The van der Waals surface area contributed by atoms with Crippen LogP contribution in [0.25, 0.3) is 10.9 Å². The summed E-state index contributed by atoms with van der Waals surface area (Å²) in [5.41, 5.74) is 3.33. The Balaban J connectivity index is 1.34. The van der Waals surface area contributed by atoms with Crippen molar-refractivity contribution in [3.63, 3.8) is 0 Å². The molecule has 35 heavy (non-hydrogen) atoms. The summed E-state index contributed by atoms with van der Waals surface area (Å²) in [4.78, 5) is 34.4. The van der Waals surface area contributed by atoms with Gasteiger partial charge in [0, 0.05) is 47.6 Å². The van der Waals surface area contributed by atoms with Gasteiger partial charge in [0.1, 0.15) is 18.1 Å². The summed E-state index contributed by atoms with van der Waals surface area (Å²) in [6.07, 6.45) is 6.64. The van der Waals surface area contributed by atoms with Gasteiger partial charge in [-0.2, -0.15) is 0 Å². The summed E-state index contributed by atoms with van der Waals surface area (Å²) >= 11 is 0. The Morgan fingerprint density at radius 1 is 1.23 bits per heavy atom. The molecular formula is C27H29N3O5. The van der Waals surface area contributed by atoms with E-state index < -0.39 is 11.9 Å². The molecule has 0 aliphatic carbocycles. The molecule has 0 amide bonds. The number of benzene rings is 1. The van der Waals surface area contributed by atoms with Crippen LogP contribution in [0.1, 0.15) is 69.9 Å². The summed E-state index contributed by atoms with van der Waals surface area (Å²) in [6.45, 7) is 3.96. The molecule has 2 aromatic heterocycles. The van der Waals surface area contributed by atoms with E-state index in [1.807, 2.05) is 19.1 Å². The smallest absolute Gasteiger partial charge is 0.354 e. The molecule has 182 valence electrons. The first-order valence-electron chi connectivity index (χ1n) is 12.4. The maximum atomic E-state index is 13.3. The fraction of sp³-hybridized carbons (Fsp3) is 0.444. The lowest BCUT2D eigenvalue weighted by Gasteiger charge is -2.56. The summed E-state index contributed by atoms with van der Waals surface area (Å²) in [5, 5.41) is 10.0. The number of ether oxygens (including phenoxy) is 2. The van der Waals surface area contributed by atoms with Crippen LogP contribution in [0.5, 0.6) is 5.75 Å². The third-order valence-electron chi connectivity index (χ3n) is 7.90. The van der Waals surface area contributed by atoms with Crippen LogP contribution in [0.4, 0.5) is 0 Å². The van der Waals surface area contributed by atoms with Gasteiger partial charge in [-0.15, -0.1) is 0 Å². The number of H-pyrrole nitrogens is 1. The maximum absolute atomic E-state index is 13.3. The number of carbonyl (C=O) groups is 2. The van der Waals surface area contributed by atoms with E-state index in [-0.39, 0.29) is 18.0 Å². The van der Waals surface area contributed by atoms with Gasteiger partial charge in [-0.25, -0.2) is 14.6 Å². The number of aromatic carboxylic acids is 1. The monoisotopic (exact) mass is 475 g/mol. The third kappa shape index (κ3) is 3.58. The van der Waals surface area contributed by atoms with Gasteiger partial charge in [0.25, 0.3) is 0 Å². The minimum Gasteiger partial charge on any atom is -0.477 e. The molecule has 2 N–H and O–H groups in total. The third-order valence-corrected chi connectivity index (χ3v) is 7.90. The molecule has 1 aromatic carbocycles. The minimum atomic E-state index is -1.12. The number of pyridine rings is 1. The van der Waals surface area contributed by atoms with E-state index in [2.05, 4.69) is 14.9 Å². The molecule has 3 aromatic rings. The number of hydrogen-bond donors (Lipinski definition) is 2. The number of rotatable bonds is 4. The van der Waals surface area contributed by atoms with E-state index >= 15 is 0 Å². The first-order valence-corrected chi connectivity index (χ1v) is 12.4. The zero-order valence-electron chi connectivity index (χ0n) is 19.8. The van der Waals surface area contributed by atoms with Crippen LogP contribution in [-0.4, -0.2) is 50.7 Å². The van der Waals surface area contributed by atoms with E-state index in [1.54, 1.807) is 12.1 Å². The Labute approximate surface area is 203 Å². The van der Waals surface area contributed by atoms with Gasteiger partial charge in [0.15, 0.2) is 5.72 Å². The zero-order valence-corrected chi connectivity index (χ0v) is 19.8. The van der Waals surface area contributed by atoms with Crippen LogP contribution in [0.2, 0.25) is 0 Å². The molecule has 0 bridgehead atoms. The van der Waals surface area contributed by atoms with E-state index in [9.17, 15) is 9.59 Å². The van der Waals surface area contributed by atoms with Crippen molar-refractivity contribution in [1.82, 2.24) is 14.9 Å². The second-order valence-electron chi connectivity index (χ2n) is 9.92. The van der Waals surface area contributed by atoms with Crippen molar-refractivity contribution < 1.29 is 24.2 Å². The first-order chi connectivity index (χ1) is 17.0. The zero-order chi connectivity index (χ0) is 24.2. The van der Waals surface area contributed by atoms with Crippen LogP contribution in [0, 0.1) is 12.8 Å². The van der Waals surface area contributed by atoms with Gasteiger partial charge in [-0.05, 0) is 63.3 Å². The summed E-state index contributed by atoms with van der Waals surface area (Å²) in [5.74, 6) is -0.301. The lowest BCUT2D eigenvalue weighted by molar-refractivity contribution is -0.177. The highest BCUT2D eigenvalue weighted by Crippen LogP contribution is 2.50. The Hall–Kier alpha value is -3.39. The summed E-state index contributed by atoms with van der Waals surface area (Å²) in [6, 6.07) is 8.68. The molecule has 2 unspecified atom stereocenters. The number of fused-ring (bicyclic) bond motifs is 3. The number of carboxylic acid groups (broad SMARTS) is 1. The Morgan fingerprint density at radius 3 is 2.94 bits per heavy atom. The number of esters is 1. The molecule has 8 heteroatoms. The number of nitrogens with zero attached hydrogens (tertiary/aromatic N) is 2. The molecule has 2 fully saturated rings. The van der Waals surface area contributed by atoms with Gasteiger partial charge >= 0.3 is 11.9 Å². The maximum Gasteiger partial charge on any atom is 0.354 e. The minimum absolute atomic E-state index is 0.0776. The highest BCUT2D eigenvalue weighted by atomic mass is 16.5. The van der Waals surface area contributed by atoms with Crippen molar-refractivity contribution in [3.05, 3.63) is 58.5 Å². The SMILES string of the molecule is Cc1[nH]c2ccc3c(c2c1C(=O)OCc1cccc(C(=O)O)n1)CC1CCCN2CCCCC12O3. The highest BCUT2D eigenvalue weighted by Gasteiger charge is 2.52. The molecule has 1 spiro atoms. The van der Waals surface area contributed by atoms with Gasteiger partial charge < -0.3 is 19.6 Å². The van der Waals surface area contributed by atoms with Crippen LogP contribution in [0.15, 0.2) is 30.3 Å². The van der Waals surface area contributed by atoms with Gasteiger partial charge in [-0.1, -0.05) is 6.07 Å². The van der Waals surface area contributed by atoms with Gasteiger partial charge in [-0.3, -0.25) is 4.90 Å². The number of hydrogen-bond acceptors (Lipinski definition) is 6. The second-order valence-corrected chi connectivity index (χ2v) is 9.92. The van der Waals surface area contributed by atoms with E-state index in [1.165, 1.54) is 25.3 Å². The average Bonchev–Trinajstić information content (AvgIpc) is 3.21. The predicted molar refractivity (Wildman–Crippen MR) is 129 cm³/mol. The van der Waals surface area contributed by atoms with Gasteiger partial charge in [0.2, 0.25) is 0 Å². The predicted octanol–water partition coefficient (Wildman–Crippen LogP) is 4.45. The quantitative estimate of drug-likeness (QED) is 0.537. The Kier molecular flexibility index (Phi) is 5.29. The van der Waals surface area contributed by atoms with Crippen molar-refractivity contribution in [1.29, 1.82) is 0 Å². The van der Waals surface area contributed by atoms with Crippen molar-refractivity contribution in [2.24, 2.45) is 5.92 Å². The first kappa shape index (κ1) is 22.1. The lowest BCUT2D eigenvalue weighted by atomic mass is 9.74. The molecule has 5 heterocycles. The number of nitrogens with one attached hydrogen (secondary N) is 1. The molecule has 2 atom stereocenters. The molecule has 3 aliphatic rings. The number of aromatic nitrogens is 2. The number of aryl methyl sites for hydroxylation is 1. The van der Waals surface area contributed by atoms with Crippen molar-refractivity contribution in [2.75, 3.05) is 13.1 Å². The van der Waals surface area contributed by atoms with E-state index in [4.69, 9.17) is 14.6 Å². The Morgan fingerprint density at radius 2 is 2.09 bits per heavy atom. The fourth-order valence-electron chi connectivity index (χ4n) is 6.36. The molecule has 2 saturated heterocycles. The molecule has 0 saturated carbocycles. The number of carbonyl (C=O) groups excluding carboxylic acids is 1. The fourth-order valence-corrected chi connectivity index (χ4v) is 6.36. The van der Waals surface area contributed by atoms with Gasteiger partial charge in [0.05, 0.1) is 11.3 Å². The second kappa shape index (κ2) is 8.37. The lowest BCUT2D eigenvalue weighted by Crippen LogP contribution is -2.64. The Bertz CT molecular complexity index is 1330. The average molecular weight is 476 g/mol. The number of carboxylic acids is 1. The number of aromatic amines is 1. The number of piperidine rings is 2. The van der Waals surface area contributed by atoms with E-state index in [0.29, 0.717) is 17.2 Å². The summed E-state index contributed by atoms with van der Waals surface area (Å²) < 4.78 is 12.5. The normalized spacial score (nSPS) is 23.6.